The van der Waals surface area contributed by atoms with Crippen LogP contribution in [0.2, 0.25) is 0 Å². The van der Waals surface area contributed by atoms with E-state index in [-0.39, 0.29) is 5.57 Å². The highest BCUT2D eigenvalue weighted by Crippen LogP contribution is 2.23. The number of carboxylic acid groups (broad SMARTS) is 2. The van der Waals surface area contributed by atoms with Crippen molar-refractivity contribution in [2.75, 3.05) is 0 Å². The Morgan fingerprint density at radius 2 is 1.86 bits per heavy atom. The first-order valence-corrected chi connectivity index (χ1v) is 3.72. The summed E-state index contributed by atoms with van der Waals surface area (Å²) in [5.41, 5.74) is -0.796. The Hall–Kier alpha value is -1.82. The van der Waals surface area contributed by atoms with Crippen molar-refractivity contribution < 1.29 is 30.0 Å². The number of hydrogen-bond acceptors (Lipinski definition) is 4. The Balaban J connectivity index is 3.12. The smallest absolute Gasteiger partial charge is 0.335 e. The van der Waals surface area contributed by atoms with Gasteiger partial charge in [0.1, 0.15) is 5.76 Å². The Labute approximate surface area is 78.4 Å². The zero-order valence-corrected chi connectivity index (χ0v) is 6.97. The molecule has 0 fully saturated rings. The first-order valence-electron chi connectivity index (χ1n) is 3.72. The number of aliphatic hydroxyl groups is 2. The number of carboxylic acids is 2. The van der Waals surface area contributed by atoms with Crippen LogP contribution in [0.15, 0.2) is 23.0 Å². The molecule has 0 saturated heterocycles. The van der Waals surface area contributed by atoms with Crippen molar-refractivity contribution in [3.8, 4) is 0 Å². The number of allylic oxidation sites excluding steroid dienone is 1. The molecule has 0 aromatic rings. The van der Waals surface area contributed by atoms with Gasteiger partial charge < -0.3 is 20.4 Å². The number of aliphatic hydroxyl groups excluding tert-OH is 2. The van der Waals surface area contributed by atoms with Gasteiger partial charge in [-0.2, -0.15) is 0 Å². The van der Waals surface area contributed by atoms with Crippen molar-refractivity contribution in [2.45, 2.75) is 12.5 Å². The Bertz CT molecular complexity index is 351. The van der Waals surface area contributed by atoms with E-state index in [0.29, 0.717) is 0 Å². The van der Waals surface area contributed by atoms with E-state index in [0.717, 1.165) is 6.08 Å². The van der Waals surface area contributed by atoms with E-state index in [4.69, 9.17) is 15.3 Å². The third kappa shape index (κ3) is 1.74. The number of rotatable bonds is 2. The third-order valence-electron chi connectivity index (χ3n) is 1.86. The monoisotopic (exact) mass is 200 g/mol. The Kier molecular flexibility index (Phi) is 2.57. The Morgan fingerprint density at radius 3 is 2.29 bits per heavy atom. The maximum Gasteiger partial charge on any atom is 0.335 e. The predicted octanol–water partition coefficient (Wildman–Crippen LogP) is -0.341. The largest absolute Gasteiger partial charge is 0.507 e. The highest BCUT2D eigenvalue weighted by molar-refractivity contribution is 5.93. The lowest BCUT2D eigenvalue weighted by Crippen LogP contribution is -2.24. The molecule has 1 aliphatic carbocycles. The molecule has 6 nitrogen and oxygen atoms in total. The molecule has 4 N–H and O–H groups in total. The number of carbonyl (C=O) groups is 2. The van der Waals surface area contributed by atoms with Crippen LogP contribution in [0.25, 0.3) is 0 Å². The standard InChI is InChI=1S/C8H8O6/c9-5-1-3(7(11)12)6(10)2-4(5)8(13)14/h1,6,9-10H,2H2,(H,11,12)(H,13,14). The van der Waals surface area contributed by atoms with Gasteiger partial charge in [-0.3, -0.25) is 0 Å². The molecule has 0 radical (unpaired) electrons. The molecule has 76 valence electrons. The molecule has 0 heterocycles. The SMILES string of the molecule is O=C(O)C1=CC(O)=C(C(=O)O)CC1O. The minimum absolute atomic E-state index is 0.387. The molecule has 0 spiro atoms. The van der Waals surface area contributed by atoms with Gasteiger partial charge in [-0.25, -0.2) is 9.59 Å². The second-order valence-electron chi connectivity index (χ2n) is 2.79. The summed E-state index contributed by atoms with van der Waals surface area (Å²) in [6.07, 6.45) is -1.05. The van der Waals surface area contributed by atoms with Crippen LogP contribution in [-0.2, 0) is 9.59 Å². The van der Waals surface area contributed by atoms with Gasteiger partial charge in [-0.1, -0.05) is 0 Å². The maximum absolute atomic E-state index is 10.5. The fourth-order valence-electron chi connectivity index (χ4n) is 1.14. The van der Waals surface area contributed by atoms with Gasteiger partial charge in [0.25, 0.3) is 0 Å². The number of aliphatic carboxylic acids is 2. The fraction of sp³-hybridized carbons (Fsp3) is 0.250. The summed E-state index contributed by atoms with van der Waals surface area (Å²) >= 11 is 0. The maximum atomic E-state index is 10.5. The van der Waals surface area contributed by atoms with Crippen molar-refractivity contribution in [3.05, 3.63) is 23.0 Å². The first-order chi connectivity index (χ1) is 6.43. The molecule has 6 heteroatoms. The summed E-state index contributed by atoms with van der Waals surface area (Å²) in [5.74, 6) is -3.38. The molecule has 0 aliphatic heterocycles. The molecule has 0 saturated carbocycles. The van der Waals surface area contributed by atoms with Gasteiger partial charge in [-0.15, -0.1) is 0 Å². The van der Waals surface area contributed by atoms with E-state index in [2.05, 4.69) is 0 Å². The normalized spacial score (nSPS) is 21.8. The lowest BCUT2D eigenvalue weighted by Gasteiger charge is -2.17. The van der Waals surface area contributed by atoms with Crippen molar-refractivity contribution in [3.63, 3.8) is 0 Å². The highest BCUT2D eigenvalue weighted by Gasteiger charge is 2.28. The van der Waals surface area contributed by atoms with Crippen LogP contribution in [0.4, 0.5) is 0 Å². The third-order valence-corrected chi connectivity index (χ3v) is 1.86. The minimum Gasteiger partial charge on any atom is -0.507 e. The molecule has 0 amide bonds. The lowest BCUT2D eigenvalue weighted by molar-refractivity contribution is -0.135. The fourth-order valence-corrected chi connectivity index (χ4v) is 1.14. The summed E-state index contributed by atoms with van der Waals surface area (Å²) in [7, 11) is 0. The van der Waals surface area contributed by atoms with E-state index >= 15 is 0 Å². The first kappa shape index (κ1) is 10.3. The van der Waals surface area contributed by atoms with Gasteiger partial charge in [0.2, 0.25) is 0 Å². The van der Waals surface area contributed by atoms with Crippen LogP contribution < -0.4 is 0 Å². The molecule has 0 bridgehead atoms. The predicted molar refractivity (Wildman–Crippen MR) is 43.6 cm³/mol. The molecule has 1 unspecified atom stereocenters. The molecular formula is C8H8O6. The van der Waals surface area contributed by atoms with Crippen LogP contribution in [-0.4, -0.2) is 38.5 Å². The van der Waals surface area contributed by atoms with E-state index in [1.165, 1.54) is 0 Å². The summed E-state index contributed by atoms with van der Waals surface area (Å²) in [5, 5.41) is 35.4. The van der Waals surface area contributed by atoms with Crippen LogP contribution in [0.1, 0.15) is 6.42 Å². The van der Waals surface area contributed by atoms with E-state index in [1.807, 2.05) is 0 Å². The zero-order valence-electron chi connectivity index (χ0n) is 6.97. The highest BCUT2D eigenvalue weighted by atomic mass is 16.4. The molecule has 14 heavy (non-hydrogen) atoms. The van der Waals surface area contributed by atoms with Crippen molar-refractivity contribution in [1.82, 2.24) is 0 Å². The van der Waals surface area contributed by atoms with Crippen LogP contribution in [0.5, 0.6) is 0 Å². The van der Waals surface area contributed by atoms with Crippen LogP contribution >= 0.6 is 0 Å². The second kappa shape index (κ2) is 3.51. The zero-order chi connectivity index (χ0) is 10.9. The van der Waals surface area contributed by atoms with E-state index < -0.39 is 35.8 Å². The summed E-state index contributed by atoms with van der Waals surface area (Å²) in [4.78, 5) is 21.0. The van der Waals surface area contributed by atoms with Crippen molar-refractivity contribution in [2.24, 2.45) is 0 Å². The van der Waals surface area contributed by atoms with Gasteiger partial charge in [0.05, 0.1) is 17.3 Å². The van der Waals surface area contributed by atoms with Gasteiger partial charge in [-0.05, 0) is 6.08 Å². The minimum atomic E-state index is -1.39. The molecular weight excluding hydrogens is 192 g/mol. The second-order valence-corrected chi connectivity index (χ2v) is 2.79. The quantitative estimate of drug-likeness (QED) is 0.484. The van der Waals surface area contributed by atoms with Gasteiger partial charge >= 0.3 is 11.9 Å². The van der Waals surface area contributed by atoms with Crippen LogP contribution in [0.3, 0.4) is 0 Å². The lowest BCUT2D eigenvalue weighted by atomic mass is 9.94. The van der Waals surface area contributed by atoms with Crippen molar-refractivity contribution >= 4 is 11.9 Å². The molecule has 0 aromatic heterocycles. The summed E-state index contributed by atoms with van der Waals surface area (Å²) in [6, 6.07) is 0. The van der Waals surface area contributed by atoms with Gasteiger partial charge in [0.15, 0.2) is 0 Å². The molecule has 0 aromatic carbocycles. The van der Waals surface area contributed by atoms with Crippen LogP contribution in [0, 0.1) is 0 Å². The van der Waals surface area contributed by atoms with E-state index in [1.54, 1.807) is 0 Å². The molecule has 1 aliphatic rings. The average molecular weight is 200 g/mol. The summed E-state index contributed by atoms with van der Waals surface area (Å²) in [6.45, 7) is 0. The van der Waals surface area contributed by atoms with Crippen molar-refractivity contribution in [1.29, 1.82) is 0 Å². The van der Waals surface area contributed by atoms with E-state index in [9.17, 15) is 14.7 Å². The molecule has 1 atom stereocenters. The Morgan fingerprint density at radius 1 is 1.29 bits per heavy atom. The van der Waals surface area contributed by atoms with Gasteiger partial charge in [0, 0.05) is 6.42 Å². The number of hydrogen-bond donors (Lipinski definition) is 4. The average Bonchev–Trinajstić information content (AvgIpc) is 2.07. The molecule has 1 rings (SSSR count). The topological polar surface area (TPSA) is 115 Å². The summed E-state index contributed by atoms with van der Waals surface area (Å²) < 4.78 is 0.